The Balaban J connectivity index is 0.00000210. The zero-order valence-electron chi connectivity index (χ0n) is 16.6. The number of guanidine groups is 1. The average molecular weight is 482 g/mol. The van der Waals surface area contributed by atoms with Crippen molar-refractivity contribution in [2.45, 2.75) is 51.6 Å². The van der Waals surface area contributed by atoms with Crippen LogP contribution in [0.2, 0.25) is 0 Å². The van der Waals surface area contributed by atoms with Crippen LogP contribution in [0.1, 0.15) is 44.6 Å². The van der Waals surface area contributed by atoms with Gasteiger partial charge in [0.25, 0.3) is 0 Å². The summed E-state index contributed by atoms with van der Waals surface area (Å²) in [5.41, 5.74) is 1.45. The van der Waals surface area contributed by atoms with E-state index in [2.05, 4.69) is 52.4 Å². The molecule has 0 aromatic heterocycles. The second-order valence-electron chi connectivity index (χ2n) is 8.30. The normalized spacial score (nSPS) is 26.3. The van der Waals surface area contributed by atoms with Crippen LogP contribution in [0, 0.1) is 11.8 Å². The Bertz CT molecular complexity index is 602. The molecule has 2 aliphatic heterocycles. The Morgan fingerprint density at radius 2 is 1.93 bits per heavy atom. The van der Waals surface area contributed by atoms with Crippen LogP contribution in [-0.4, -0.2) is 54.5 Å². The van der Waals surface area contributed by atoms with E-state index in [9.17, 15) is 0 Å². The Morgan fingerprint density at radius 1 is 1.11 bits per heavy atom. The van der Waals surface area contributed by atoms with Crippen LogP contribution in [0.15, 0.2) is 35.3 Å². The van der Waals surface area contributed by atoms with Crippen molar-refractivity contribution in [1.29, 1.82) is 0 Å². The number of halogens is 1. The molecule has 4 nitrogen and oxygen atoms in total. The number of nitrogens with zero attached hydrogens (tertiary/aromatic N) is 3. The lowest BCUT2D eigenvalue weighted by Gasteiger charge is -2.48. The fourth-order valence-electron chi connectivity index (χ4n) is 4.66. The fourth-order valence-corrected chi connectivity index (χ4v) is 4.66. The molecule has 150 valence electrons. The fraction of sp³-hybridized carbons (Fsp3) is 0.682. The van der Waals surface area contributed by atoms with Crippen molar-refractivity contribution in [3.8, 4) is 0 Å². The number of piperidine rings is 2. The third-order valence-corrected chi connectivity index (χ3v) is 6.24. The Hall–Kier alpha value is -0.820. The van der Waals surface area contributed by atoms with Crippen LogP contribution in [0.5, 0.6) is 0 Å². The predicted octanol–water partition coefficient (Wildman–Crippen LogP) is 3.97. The SMILES string of the molecule is CCNC(=NCC1CC1)N1CCC2C(CCCN2Cc2ccccc2)C1.I. The highest BCUT2D eigenvalue weighted by molar-refractivity contribution is 14.0. The summed E-state index contributed by atoms with van der Waals surface area (Å²) in [6.45, 7) is 8.85. The maximum Gasteiger partial charge on any atom is 0.193 e. The van der Waals surface area contributed by atoms with Crippen LogP contribution in [0.3, 0.4) is 0 Å². The third kappa shape index (κ3) is 5.59. The Kier molecular flexibility index (Phi) is 7.82. The minimum atomic E-state index is 0. The highest BCUT2D eigenvalue weighted by Gasteiger charge is 2.36. The lowest BCUT2D eigenvalue weighted by Crippen LogP contribution is -2.56. The van der Waals surface area contributed by atoms with Crippen molar-refractivity contribution < 1.29 is 0 Å². The molecule has 1 aromatic carbocycles. The van der Waals surface area contributed by atoms with Gasteiger partial charge >= 0.3 is 0 Å². The molecule has 0 bridgehead atoms. The molecule has 1 aromatic rings. The number of rotatable bonds is 5. The first-order chi connectivity index (χ1) is 12.8. The van der Waals surface area contributed by atoms with Crippen molar-refractivity contribution in [3.05, 3.63) is 35.9 Å². The van der Waals surface area contributed by atoms with E-state index in [1.54, 1.807) is 0 Å². The second kappa shape index (κ2) is 10.1. The van der Waals surface area contributed by atoms with Gasteiger partial charge in [-0.1, -0.05) is 30.3 Å². The third-order valence-electron chi connectivity index (χ3n) is 6.24. The molecule has 5 heteroatoms. The van der Waals surface area contributed by atoms with Crippen LogP contribution in [0.25, 0.3) is 0 Å². The summed E-state index contributed by atoms with van der Waals surface area (Å²) in [6.07, 6.45) is 6.72. The molecule has 4 rings (SSSR count). The van der Waals surface area contributed by atoms with E-state index in [4.69, 9.17) is 4.99 Å². The zero-order chi connectivity index (χ0) is 17.8. The van der Waals surface area contributed by atoms with Gasteiger partial charge in [-0.15, -0.1) is 24.0 Å². The van der Waals surface area contributed by atoms with Crippen molar-refractivity contribution in [2.24, 2.45) is 16.8 Å². The smallest absolute Gasteiger partial charge is 0.193 e. The quantitative estimate of drug-likeness (QED) is 0.392. The van der Waals surface area contributed by atoms with Crippen LogP contribution in [0.4, 0.5) is 0 Å². The van der Waals surface area contributed by atoms with E-state index in [1.165, 1.54) is 50.8 Å². The number of benzene rings is 1. The van der Waals surface area contributed by atoms with Gasteiger partial charge in [-0.2, -0.15) is 0 Å². The second-order valence-corrected chi connectivity index (χ2v) is 8.30. The molecule has 3 fully saturated rings. The molecule has 3 aliphatic rings. The average Bonchev–Trinajstić information content (AvgIpc) is 3.50. The monoisotopic (exact) mass is 482 g/mol. The van der Waals surface area contributed by atoms with E-state index in [1.807, 2.05) is 0 Å². The molecular weight excluding hydrogens is 447 g/mol. The predicted molar refractivity (Wildman–Crippen MR) is 124 cm³/mol. The van der Waals surface area contributed by atoms with Crippen molar-refractivity contribution in [2.75, 3.05) is 32.7 Å². The Morgan fingerprint density at radius 3 is 2.67 bits per heavy atom. The maximum absolute atomic E-state index is 4.94. The molecule has 0 radical (unpaired) electrons. The first-order valence-electron chi connectivity index (χ1n) is 10.6. The molecule has 1 aliphatic carbocycles. The lowest BCUT2D eigenvalue weighted by atomic mass is 9.83. The van der Waals surface area contributed by atoms with Gasteiger partial charge in [-0.25, -0.2) is 0 Å². The van der Waals surface area contributed by atoms with Crippen molar-refractivity contribution in [3.63, 3.8) is 0 Å². The summed E-state index contributed by atoms with van der Waals surface area (Å²) in [7, 11) is 0. The zero-order valence-corrected chi connectivity index (χ0v) is 19.0. The van der Waals surface area contributed by atoms with Gasteiger partial charge in [0.15, 0.2) is 5.96 Å². The summed E-state index contributed by atoms with van der Waals surface area (Å²) in [6, 6.07) is 11.7. The van der Waals surface area contributed by atoms with Gasteiger partial charge in [0, 0.05) is 38.8 Å². The van der Waals surface area contributed by atoms with Crippen LogP contribution < -0.4 is 5.32 Å². The summed E-state index contributed by atoms with van der Waals surface area (Å²) >= 11 is 0. The van der Waals surface area contributed by atoms with Crippen molar-refractivity contribution in [1.82, 2.24) is 15.1 Å². The first-order valence-corrected chi connectivity index (χ1v) is 10.6. The highest BCUT2D eigenvalue weighted by Crippen LogP contribution is 2.32. The van der Waals surface area contributed by atoms with Crippen LogP contribution >= 0.6 is 24.0 Å². The van der Waals surface area contributed by atoms with Gasteiger partial charge in [0.05, 0.1) is 0 Å². The standard InChI is InChI=1S/C22H34N4.HI/c1-2-23-22(24-15-18-10-11-18)26-14-12-21-20(17-26)9-6-13-25(21)16-19-7-4-3-5-8-19;/h3-5,7-8,18,20-21H,2,6,9-17H2,1H3,(H,23,24);1H. The van der Waals surface area contributed by atoms with E-state index in [0.29, 0.717) is 0 Å². The van der Waals surface area contributed by atoms with Gasteiger partial charge in [-0.05, 0) is 63.0 Å². The van der Waals surface area contributed by atoms with Gasteiger partial charge in [0.1, 0.15) is 0 Å². The molecule has 1 N–H and O–H groups in total. The first kappa shape index (κ1) is 20.9. The molecular formula is C22H35IN4. The number of hydrogen-bond donors (Lipinski definition) is 1. The van der Waals surface area contributed by atoms with Gasteiger partial charge in [0.2, 0.25) is 0 Å². The molecule has 2 saturated heterocycles. The molecule has 1 saturated carbocycles. The summed E-state index contributed by atoms with van der Waals surface area (Å²) in [4.78, 5) is 10.2. The van der Waals surface area contributed by atoms with Gasteiger partial charge in [-0.3, -0.25) is 9.89 Å². The number of likely N-dealkylation sites (tertiary alicyclic amines) is 2. The van der Waals surface area contributed by atoms with E-state index in [-0.39, 0.29) is 24.0 Å². The lowest BCUT2D eigenvalue weighted by molar-refractivity contribution is 0.0372. The molecule has 2 heterocycles. The topological polar surface area (TPSA) is 30.9 Å². The minimum Gasteiger partial charge on any atom is -0.357 e. The number of nitrogens with one attached hydrogen (secondary N) is 1. The summed E-state index contributed by atoms with van der Waals surface area (Å²) in [5, 5.41) is 3.54. The number of fused-ring (bicyclic) bond motifs is 1. The molecule has 27 heavy (non-hydrogen) atoms. The molecule has 0 amide bonds. The minimum absolute atomic E-state index is 0. The van der Waals surface area contributed by atoms with Crippen molar-refractivity contribution >= 4 is 29.9 Å². The van der Waals surface area contributed by atoms with Crippen LogP contribution in [-0.2, 0) is 6.54 Å². The summed E-state index contributed by atoms with van der Waals surface area (Å²) in [5.74, 6) is 2.81. The number of aliphatic imine (C=N–C) groups is 1. The molecule has 2 unspecified atom stereocenters. The van der Waals surface area contributed by atoms with Gasteiger partial charge < -0.3 is 10.2 Å². The summed E-state index contributed by atoms with van der Waals surface area (Å²) < 4.78 is 0. The highest BCUT2D eigenvalue weighted by atomic mass is 127. The van der Waals surface area contributed by atoms with E-state index < -0.39 is 0 Å². The maximum atomic E-state index is 4.94. The number of hydrogen-bond acceptors (Lipinski definition) is 2. The largest absolute Gasteiger partial charge is 0.357 e. The van der Waals surface area contributed by atoms with E-state index >= 15 is 0 Å². The molecule has 0 spiro atoms. The van der Waals surface area contributed by atoms with E-state index in [0.717, 1.165) is 50.0 Å². The Labute approximate surface area is 181 Å². The molecule has 2 atom stereocenters.